The van der Waals surface area contributed by atoms with E-state index in [9.17, 15) is 19.8 Å². The molecule has 2 N–H and O–H groups in total. The van der Waals surface area contributed by atoms with Crippen molar-refractivity contribution in [1.29, 1.82) is 0 Å². The van der Waals surface area contributed by atoms with Crippen molar-refractivity contribution in [3.8, 4) is 11.1 Å². The van der Waals surface area contributed by atoms with Gasteiger partial charge in [-0.15, -0.1) is 0 Å². The van der Waals surface area contributed by atoms with E-state index in [1.807, 2.05) is 31.2 Å². The lowest BCUT2D eigenvalue weighted by atomic mass is 10.0. The van der Waals surface area contributed by atoms with E-state index in [1.54, 1.807) is 0 Å². The number of fused-ring (bicyclic) bond motifs is 3. The van der Waals surface area contributed by atoms with Crippen LogP contribution in [-0.2, 0) is 22.6 Å². The van der Waals surface area contributed by atoms with Crippen LogP contribution in [0.3, 0.4) is 0 Å². The predicted molar refractivity (Wildman–Crippen MR) is 105 cm³/mol. The van der Waals surface area contributed by atoms with Gasteiger partial charge in [-0.3, -0.25) is 4.90 Å². The minimum Gasteiger partial charge on any atom is -0.480 e. The Labute approximate surface area is 164 Å². The highest BCUT2D eigenvalue weighted by molar-refractivity contribution is 5.80. The quantitative estimate of drug-likeness (QED) is 0.622. The topological polar surface area (TPSA) is 87.1 Å². The van der Waals surface area contributed by atoms with Crippen LogP contribution in [0.2, 0.25) is 0 Å². The number of aliphatic carboxylic acids is 1. The Morgan fingerprint density at radius 3 is 2.61 bits per heavy atom. The summed E-state index contributed by atoms with van der Waals surface area (Å²) in [6.07, 6.45) is 1.50. The number of carbonyl (C=O) groups is 2. The van der Waals surface area contributed by atoms with E-state index in [0.717, 1.165) is 34.4 Å². The zero-order chi connectivity index (χ0) is 20.1. The number of nitrogens with zero attached hydrogens (tertiary/aromatic N) is 1. The normalized spacial score (nSPS) is 12.8. The molecule has 0 aliphatic heterocycles. The maximum atomic E-state index is 12.6. The van der Waals surface area contributed by atoms with Crippen LogP contribution in [0.25, 0.3) is 11.1 Å². The smallest absolute Gasteiger partial charge is 0.410 e. The molecular formula is C22H25NO5. The number of rotatable bonds is 8. The van der Waals surface area contributed by atoms with Gasteiger partial charge in [-0.25, -0.2) is 9.59 Å². The highest BCUT2D eigenvalue weighted by Crippen LogP contribution is 2.38. The van der Waals surface area contributed by atoms with Crippen LogP contribution in [0.5, 0.6) is 0 Å². The van der Waals surface area contributed by atoms with Crippen molar-refractivity contribution in [2.24, 2.45) is 0 Å². The molecule has 0 saturated heterocycles. The zero-order valence-electron chi connectivity index (χ0n) is 15.9. The van der Waals surface area contributed by atoms with E-state index in [4.69, 9.17) is 4.74 Å². The number of carboxylic acid groups (broad SMARTS) is 1. The number of aliphatic hydroxyl groups is 1. The molecule has 0 radical (unpaired) electrons. The van der Waals surface area contributed by atoms with Gasteiger partial charge in [0, 0.05) is 6.54 Å². The van der Waals surface area contributed by atoms with E-state index < -0.39 is 24.7 Å². The molecule has 1 aliphatic rings. The summed E-state index contributed by atoms with van der Waals surface area (Å²) in [5, 5.41) is 18.7. The fourth-order valence-electron chi connectivity index (χ4n) is 3.59. The van der Waals surface area contributed by atoms with E-state index in [2.05, 4.69) is 18.2 Å². The van der Waals surface area contributed by atoms with Gasteiger partial charge in [0.05, 0.1) is 6.61 Å². The summed E-state index contributed by atoms with van der Waals surface area (Å²) in [5.74, 6) is -1.24. The van der Waals surface area contributed by atoms with E-state index >= 15 is 0 Å². The molecule has 3 rings (SSSR count). The van der Waals surface area contributed by atoms with E-state index in [1.165, 1.54) is 11.1 Å². The van der Waals surface area contributed by atoms with Crippen molar-refractivity contribution in [1.82, 2.24) is 4.90 Å². The van der Waals surface area contributed by atoms with Gasteiger partial charge in [0.1, 0.15) is 6.61 Å². The molecule has 0 fully saturated rings. The largest absolute Gasteiger partial charge is 0.480 e. The fraction of sp³-hybridized carbons (Fsp3) is 0.364. The first kappa shape index (κ1) is 19.9. The standard InChI is InChI=1S/C22H25NO5/c1-2-3-11-23(20(13-24)21(25)26)22(27)28-14-16-8-6-10-18-17-9-5-4-7-15(17)12-19(16)18/h4-10,20,24H,2-3,11-14H2,1H3,(H,25,26). The molecule has 6 nitrogen and oxygen atoms in total. The second-order valence-corrected chi connectivity index (χ2v) is 6.92. The van der Waals surface area contributed by atoms with Crippen LogP contribution >= 0.6 is 0 Å². The third-order valence-corrected chi connectivity index (χ3v) is 5.12. The number of benzene rings is 2. The number of carboxylic acids is 1. The van der Waals surface area contributed by atoms with Gasteiger partial charge in [-0.2, -0.15) is 0 Å². The van der Waals surface area contributed by atoms with Crippen LogP contribution in [-0.4, -0.2) is 46.4 Å². The van der Waals surface area contributed by atoms with Crippen molar-refractivity contribution in [2.45, 2.75) is 38.8 Å². The molecule has 2 aromatic rings. The monoisotopic (exact) mass is 383 g/mol. The van der Waals surface area contributed by atoms with Gasteiger partial charge in [0.15, 0.2) is 6.04 Å². The average molecular weight is 383 g/mol. The second kappa shape index (κ2) is 8.89. The van der Waals surface area contributed by atoms with E-state index in [-0.39, 0.29) is 13.2 Å². The molecule has 0 heterocycles. The van der Waals surface area contributed by atoms with Crippen molar-refractivity contribution in [3.05, 3.63) is 59.2 Å². The molecule has 1 atom stereocenters. The number of amides is 1. The molecule has 6 heteroatoms. The van der Waals surface area contributed by atoms with Crippen molar-refractivity contribution in [2.75, 3.05) is 13.2 Å². The van der Waals surface area contributed by atoms with Crippen molar-refractivity contribution >= 4 is 12.1 Å². The highest BCUT2D eigenvalue weighted by Gasteiger charge is 2.30. The van der Waals surface area contributed by atoms with Gasteiger partial charge in [-0.05, 0) is 40.7 Å². The molecule has 28 heavy (non-hydrogen) atoms. The Morgan fingerprint density at radius 2 is 1.89 bits per heavy atom. The Morgan fingerprint density at radius 1 is 1.14 bits per heavy atom. The molecule has 1 aliphatic carbocycles. The first-order chi connectivity index (χ1) is 13.6. The summed E-state index contributed by atoms with van der Waals surface area (Å²) < 4.78 is 5.46. The Hall–Kier alpha value is -2.86. The summed E-state index contributed by atoms with van der Waals surface area (Å²) in [6, 6.07) is 12.8. The molecule has 0 saturated carbocycles. The lowest BCUT2D eigenvalue weighted by molar-refractivity contribution is -0.144. The van der Waals surface area contributed by atoms with Crippen LogP contribution in [0, 0.1) is 0 Å². The minimum atomic E-state index is -1.30. The van der Waals surface area contributed by atoms with Crippen molar-refractivity contribution in [3.63, 3.8) is 0 Å². The number of unbranched alkanes of at least 4 members (excludes halogenated alkanes) is 1. The van der Waals surface area contributed by atoms with Crippen LogP contribution in [0.15, 0.2) is 42.5 Å². The molecule has 1 amide bonds. The number of carbonyl (C=O) groups excluding carboxylic acids is 1. The summed E-state index contributed by atoms with van der Waals surface area (Å²) in [4.78, 5) is 25.1. The highest BCUT2D eigenvalue weighted by atomic mass is 16.6. The summed E-state index contributed by atoms with van der Waals surface area (Å²) >= 11 is 0. The average Bonchev–Trinajstić information content (AvgIpc) is 3.08. The van der Waals surface area contributed by atoms with Gasteiger partial charge in [-0.1, -0.05) is 55.8 Å². The third-order valence-electron chi connectivity index (χ3n) is 5.12. The van der Waals surface area contributed by atoms with Gasteiger partial charge in [0.2, 0.25) is 0 Å². The van der Waals surface area contributed by atoms with Crippen molar-refractivity contribution < 1.29 is 24.5 Å². The predicted octanol–water partition coefficient (Wildman–Crippen LogP) is 3.44. The maximum absolute atomic E-state index is 12.6. The molecule has 0 spiro atoms. The molecule has 0 bridgehead atoms. The molecule has 148 valence electrons. The summed E-state index contributed by atoms with van der Waals surface area (Å²) in [5.41, 5.74) is 5.63. The molecule has 0 aromatic heterocycles. The lowest BCUT2D eigenvalue weighted by Crippen LogP contribution is -2.48. The Bertz CT molecular complexity index is 864. The molecule has 2 aromatic carbocycles. The van der Waals surface area contributed by atoms with Gasteiger partial charge in [0.25, 0.3) is 0 Å². The minimum absolute atomic E-state index is 0.0659. The molecular weight excluding hydrogens is 358 g/mol. The number of hydrogen-bond donors (Lipinski definition) is 2. The van der Waals surface area contributed by atoms with Crippen LogP contribution in [0.4, 0.5) is 4.79 Å². The number of hydrogen-bond acceptors (Lipinski definition) is 4. The fourth-order valence-corrected chi connectivity index (χ4v) is 3.59. The first-order valence-corrected chi connectivity index (χ1v) is 9.52. The van der Waals surface area contributed by atoms with Crippen LogP contribution < -0.4 is 0 Å². The molecule has 1 unspecified atom stereocenters. The Balaban J connectivity index is 1.74. The van der Waals surface area contributed by atoms with Crippen LogP contribution in [0.1, 0.15) is 36.5 Å². The summed E-state index contributed by atoms with van der Waals surface area (Å²) in [7, 11) is 0. The maximum Gasteiger partial charge on any atom is 0.410 e. The third kappa shape index (κ3) is 4.02. The van der Waals surface area contributed by atoms with E-state index in [0.29, 0.717) is 6.42 Å². The number of ether oxygens (including phenoxy) is 1. The van der Waals surface area contributed by atoms with Gasteiger partial charge < -0.3 is 14.9 Å². The Kier molecular flexibility index (Phi) is 6.31. The first-order valence-electron chi connectivity index (χ1n) is 9.52. The second-order valence-electron chi connectivity index (χ2n) is 6.92. The zero-order valence-corrected chi connectivity index (χ0v) is 15.9. The SMILES string of the molecule is CCCCN(C(=O)OCc1cccc2c1Cc1ccccc1-2)C(CO)C(=O)O. The lowest BCUT2D eigenvalue weighted by Gasteiger charge is -2.27. The summed E-state index contributed by atoms with van der Waals surface area (Å²) in [6.45, 7) is 1.59. The number of aliphatic hydroxyl groups excluding tert-OH is 1. The van der Waals surface area contributed by atoms with Gasteiger partial charge >= 0.3 is 12.1 Å².